The van der Waals surface area contributed by atoms with Crippen molar-refractivity contribution in [3.05, 3.63) is 53.8 Å². The van der Waals surface area contributed by atoms with Gasteiger partial charge in [-0.3, -0.25) is 0 Å². The molecule has 1 nitrogen and oxygen atoms in total. The number of methoxy groups -OCH3 is 1. The van der Waals surface area contributed by atoms with Gasteiger partial charge in [-0.05, 0) is 35.4 Å². The smallest absolute Gasteiger partial charge is 0.417 e. The Labute approximate surface area is 107 Å². The maximum Gasteiger partial charge on any atom is 0.417 e. The summed E-state index contributed by atoms with van der Waals surface area (Å²) in [5.41, 5.74) is -0.750. The Morgan fingerprint density at radius 1 is 1.00 bits per heavy atom. The predicted octanol–water partition coefficient (Wildman–Crippen LogP) is 4.52. The van der Waals surface area contributed by atoms with Crippen molar-refractivity contribution in [2.45, 2.75) is 6.18 Å². The topological polar surface area (TPSA) is 9.23 Å². The van der Waals surface area contributed by atoms with Crippen molar-refractivity contribution in [3.8, 4) is 16.9 Å². The van der Waals surface area contributed by atoms with Crippen molar-refractivity contribution in [3.63, 3.8) is 0 Å². The molecule has 0 saturated heterocycles. The zero-order chi connectivity index (χ0) is 14.0. The van der Waals surface area contributed by atoms with Crippen molar-refractivity contribution in [2.24, 2.45) is 0 Å². The third-order valence-corrected chi connectivity index (χ3v) is 2.67. The van der Waals surface area contributed by atoms with E-state index in [1.807, 2.05) is 0 Å². The molecule has 0 saturated carbocycles. The number of hydrogen-bond donors (Lipinski definition) is 0. The first-order valence-corrected chi connectivity index (χ1v) is 5.43. The molecule has 0 aromatic heterocycles. The van der Waals surface area contributed by atoms with E-state index in [0.717, 1.165) is 12.1 Å². The lowest BCUT2D eigenvalue weighted by Gasteiger charge is -2.14. The third kappa shape index (κ3) is 2.86. The van der Waals surface area contributed by atoms with E-state index in [1.54, 1.807) is 0 Å². The van der Waals surface area contributed by atoms with Gasteiger partial charge >= 0.3 is 6.18 Å². The molecule has 5 heteroatoms. The largest absolute Gasteiger partial charge is 0.497 e. The van der Waals surface area contributed by atoms with Crippen LogP contribution in [-0.4, -0.2) is 7.11 Å². The van der Waals surface area contributed by atoms with Crippen LogP contribution in [-0.2, 0) is 6.18 Å². The third-order valence-electron chi connectivity index (χ3n) is 2.67. The average molecular weight is 270 g/mol. The predicted molar refractivity (Wildman–Crippen MR) is 63.4 cm³/mol. The summed E-state index contributed by atoms with van der Waals surface area (Å²) in [6.07, 6.45) is -4.53. The summed E-state index contributed by atoms with van der Waals surface area (Å²) in [7, 11) is 1.29. The minimum absolute atomic E-state index is 0.0761. The van der Waals surface area contributed by atoms with Crippen LogP contribution in [0.15, 0.2) is 42.5 Å². The summed E-state index contributed by atoms with van der Waals surface area (Å²) in [6, 6.07) is 8.64. The molecule has 0 unspecified atom stereocenters. The van der Waals surface area contributed by atoms with Gasteiger partial charge in [0.1, 0.15) is 11.6 Å². The molecule has 0 amide bonds. The van der Waals surface area contributed by atoms with E-state index in [1.165, 1.54) is 37.4 Å². The molecule has 2 aromatic carbocycles. The summed E-state index contributed by atoms with van der Waals surface area (Å²) in [5, 5.41) is 0. The van der Waals surface area contributed by atoms with Gasteiger partial charge in [0.25, 0.3) is 0 Å². The molecule has 19 heavy (non-hydrogen) atoms. The molecule has 0 spiro atoms. The van der Waals surface area contributed by atoms with Crippen molar-refractivity contribution < 1.29 is 22.3 Å². The van der Waals surface area contributed by atoms with Gasteiger partial charge in [0.2, 0.25) is 0 Å². The normalized spacial score (nSPS) is 11.4. The van der Waals surface area contributed by atoms with Gasteiger partial charge in [-0.15, -0.1) is 0 Å². The molecule has 0 radical (unpaired) electrons. The van der Waals surface area contributed by atoms with Gasteiger partial charge in [-0.1, -0.05) is 18.2 Å². The molecule has 0 aliphatic rings. The Balaban J connectivity index is 2.63. The molecule has 100 valence electrons. The van der Waals surface area contributed by atoms with Gasteiger partial charge in [-0.25, -0.2) is 4.39 Å². The molecule has 0 N–H and O–H groups in total. The molecular formula is C14H10F4O. The van der Waals surface area contributed by atoms with Crippen LogP contribution in [0.3, 0.4) is 0 Å². The highest BCUT2D eigenvalue weighted by molar-refractivity contribution is 5.69. The standard InChI is InChI=1S/C14H10F4O/c1-19-11-5-6-12(13(8-11)14(16,17)18)9-3-2-4-10(15)7-9/h2-8H,1H3. The monoisotopic (exact) mass is 270 g/mol. The van der Waals surface area contributed by atoms with E-state index in [0.29, 0.717) is 0 Å². The molecule has 0 aliphatic carbocycles. The fourth-order valence-electron chi connectivity index (χ4n) is 1.79. The molecule has 0 bridgehead atoms. The van der Waals surface area contributed by atoms with Gasteiger partial charge in [-0.2, -0.15) is 13.2 Å². The molecule has 2 rings (SSSR count). The van der Waals surface area contributed by atoms with Crippen LogP contribution in [0.2, 0.25) is 0 Å². The second-order valence-electron chi connectivity index (χ2n) is 3.92. The Hall–Kier alpha value is -2.04. The minimum Gasteiger partial charge on any atom is -0.497 e. The molecule has 0 heterocycles. The Morgan fingerprint density at radius 2 is 1.74 bits per heavy atom. The van der Waals surface area contributed by atoms with E-state index in [9.17, 15) is 17.6 Å². The van der Waals surface area contributed by atoms with Gasteiger partial charge < -0.3 is 4.74 Å². The van der Waals surface area contributed by atoms with E-state index in [2.05, 4.69) is 0 Å². The highest BCUT2D eigenvalue weighted by Crippen LogP contribution is 2.39. The zero-order valence-corrected chi connectivity index (χ0v) is 9.96. The Bertz CT molecular complexity index is 590. The second kappa shape index (κ2) is 4.91. The second-order valence-corrected chi connectivity index (χ2v) is 3.92. The van der Waals surface area contributed by atoms with Crippen LogP contribution in [0.25, 0.3) is 11.1 Å². The number of hydrogen-bond acceptors (Lipinski definition) is 1. The Kier molecular flexibility index (Phi) is 3.46. The minimum atomic E-state index is -4.53. The number of alkyl halides is 3. The van der Waals surface area contributed by atoms with Crippen LogP contribution >= 0.6 is 0 Å². The van der Waals surface area contributed by atoms with Crippen LogP contribution in [0.4, 0.5) is 17.6 Å². The van der Waals surface area contributed by atoms with E-state index in [4.69, 9.17) is 4.74 Å². The fourth-order valence-corrected chi connectivity index (χ4v) is 1.79. The van der Waals surface area contributed by atoms with Gasteiger partial charge in [0.05, 0.1) is 12.7 Å². The zero-order valence-electron chi connectivity index (χ0n) is 9.96. The lowest BCUT2D eigenvalue weighted by molar-refractivity contribution is -0.137. The summed E-state index contributed by atoms with van der Waals surface area (Å²) in [4.78, 5) is 0. The quantitative estimate of drug-likeness (QED) is 0.729. The first-order chi connectivity index (χ1) is 8.91. The van der Waals surface area contributed by atoms with Crippen LogP contribution in [0, 0.1) is 5.82 Å². The van der Waals surface area contributed by atoms with Crippen molar-refractivity contribution in [1.29, 1.82) is 0 Å². The Morgan fingerprint density at radius 3 is 2.32 bits per heavy atom. The molecular weight excluding hydrogens is 260 g/mol. The average Bonchev–Trinajstić information content (AvgIpc) is 2.37. The van der Waals surface area contributed by atoms with Crippen molar-refractivity contribution >= 4 is 0 Å². The SMILES string of the molecule is COc1ccc(-c2cccc(F)c2)c(C(F)(F)F)c1. The first-order valence-electron chi connectivity index (χ1n) is 5.43. The summed E-state index contributed by atoms with van der Waals surface area (Å²) >= 11 is 0. The highest BCUT2D eigenvalue weighted by atomic mass is 19.4. The van der Waals surface area contributed by atoms with Gasteiger partial charge in [0.15, 0.2) is 0 Å². The first kappa shape index (κ1) is 13.4. The number of ether oxygens (including phenoxy) is 1. The van der Waals surface area contributed by atoms with E-state index in [-0.39, 0.29) is 16.9 Å². The van der Waals surface area contributed by atoms with E-state index < -0.39 is 17.6 Å². The summed E-state index contributed by atoms with van der Waals surface area (Å²) in [5.74, 6) is -0.478. The number of halogens is 4. The maximum atomic E-state index is 13.1. The molecule has 0 aliphatic heterocycles. The van der Waals surface area contributed by atoms with Crippen molar-refractivity contribution in [1.82, 2.24) is 0 Å². The molecule has 0 atom stereocenters. The number of benzene rings is 2. The molecule has 2 aromatic rings. The van der Waals surface area contributed by atoms with Crippen LogP contribution in [0.1, 0.15) is 5.56 Å². The highest BCUT2D eigenvalue weighted by Gasteiger charge is 2.34. The summed E-state index contributed by atoms with van der Waals surface area (Å²) < 4.78 is 56.9. The fraction of sp³-hybridized carbons (Fsp3) is 0.143. The maximum absolute atomic E-state index is 13.1. The van der Waals surface area contributed by atoms with Crippen LogP contribution in [0.5, 0.6) is 5.75 Å². The summed E-state index contributed by atoms with van der Waals surface area (Å²) in [6.45, 7) is 0. The van der Waals surface area contributed by atoms with Crippen LogP contribution < -0.4 is 4.74 Å². The lowest BCUT2D eigenvalue weighted by atomic mass is 9.99. The number of rotatable bonds is 2. The van der Waals surface area contributed by atoms with E-state index >= 15 is 0 Å². The lowest BCUT2D eigenvalue weighted by Crippen LogP contribution is -2.07. The molecule has 0 fully saturated rings. The van der Waals surface area contributed by atoms with Gasteiger partial charge in [0, 0.05) is 0 Å². The van der Waals surface area contributed by atoms with Crippen molar-refractivity contribution in [2.75, 3.05) is 7.11 Å².